The molecule has 0 aromatic heterocycles. The van der Waals surface area contributed by atoms with Crippen LogP contribution in [0, 0.1) is 34.0 Å². The highest BCUT2D eigenvalue weighted by Gasteiger charge is 2.61. The minimum atomic E-state index is -0.989. The Bertz CT molecular complexity index is 764. The second kappa shape index (κ2) is 5.10. The number of fused-ring (bicyclic) bond motifs is 5. The van der Waals surface area contributed by atoms with Crippen LogP contribution >= 0.6 is 11.6 Å². The summed E-state index contributed by atoms with van der Waals surface area (Å²) in [6.45, 7) is 4.41. The van der Waals surface area contributed by atoms with Gasteiger partial charge in [0.15, 0.2) is 5.78 Å². The van der Waals surface area contributed by atoms with Crippen LogP contribution in [0.15, 0.2) is 35.5 Å². The zero-order chi connectivity index (χ0) is 17.2. The highest BCUT2D eigenvalue weighted by atomic mass is 35.5. The van der Waals surface area contributed by atoms with Gasteiger partial charge in [0.25, 0.3) is 0 Å². The lowest BCUT2D eigenvalue weighted by molar-refractivity contribution is -0.110. The van der Waals surface area contributed by atoms with Crippen LogP contribution in [0.5, 0.6) is 0 Å². The van der Waals surface area contributed by atoms with Gasteiger partial charge in [-0.2, -0.15) is 0 Å². The number of carbonyl (C=O) groups excluding carboxylic acids is 1. The molecule has 0 radical (unpaired) electrons. The number of halogens is 1. The van der Waals surface area contributed by atoms with Gasteiger partial charge in [0, 0.05) is 16.2 Å². The fourth-order valence-electron chi connectivity index (χ4n) is 5.82. The summed E-state index contributed by atoms with van der Waals surface area (Å²) in [7, 11) is 0. The molecule has 2 nitrogen and oxygen atoms in total. The number of hydrogen-bond acceptors (Lipinski definition) is 2. The molecule has 0 bridgehead atoms. The Balaban J connectivity index is 1.78. The maximum Gasteiger partial charge on any atom is 0.178 e. The average Bonchev–Trinajstić information content (AvgIpc) is 2.80. The Morgan fingerprint density at radius 3 is 2.88 bits per heavy atom. The molecule has 4 rings (SSSR count). The maximum atomic E-state index is 11.8. The monoisotopic (exact) mass is 342 g/mol. The van der Waals surface area contributed by atoms with Gasteiger partial charge in [-0.05, 0) is 74.6 Å². The molecule has 24 heavy (non-hydrogen) atoms. The van der Waals surface area contributed by atoms with Crippen LogP contribution in [0.4, 0.5) is 0 Å². The van der Waals surface area contributed by atoms with E-state index in [0.717, 1.165) is 25.7 Å². The third-order valence-electron chi connectivity index (χ3n) is 7.35. The van der Waals surface area contributed by atoms with Crippen molar-refractivity contribution in [1.82, 2.24) is 0 Å². The Kier molecular flexibility index (Phi) is 3.44. The molecule has 0 spiro atoms. The van der Waals surface area contributed by atoms with E-state index < -0.39 is 5.60 Å². The van der Waals surface area contributed by atoms with Gasteiger partial charge in [-0.25, -0.2) is 0 Å². The molecule has 1 N–H and O–H groups in total. The third kappa shape index (κ3) is 1.92. The Morgan fingerprint density at radius 2 is 2.12 bits per heavy atom. The Morgan fingerprint density at radius 1 is 1.33 bits per heavy atom. The third-order valence-corrected chi connectivity index (χ3v) is 7.45. The van der Waals surface area contributed by atoms with Gasteiger partial charge in [-0.3, -0.25) is 4.79 Å². The van der Waals surface area contributed by atoms with E-state index in [2.05, 4.69) is 37.3 Å². The number of carbonyl (C=O) groups is 1. The first-order valence-electron chi connectivity index (χ1n) is 8.84. The van der Waals surface area contributed by atoms with Crippen molar-refractivity contribution in [2.24, 2.45) is 22.7 Å². The van der Waals surface area contributed by atoms with E-state index in [1.54, 1.807) is 6.08 Å². The Hall–Kier alpha value is -1.30. The van der Waals surface area contributed by atoms with Crippen molar-refractivity contribution in [3.63, 3.8) is 0 Å². The molecule has 0 unspecified atom stereocenters. The van der Waals surface area contributed by atoms with Crippen molar-refractivity contribution in [2.75, 3.05) is 0 Å². The Labute approximate surface area is 148 Å². The summed E-state index contributed by atoms with van der Waals surface area (Å²) < 4.78 is 0. The lowest BCUT2D eigenvalue weighted by Gasteiger charge is -2.53. The van der Waals surface area contributed by atoms with E-state index in [-0.39, 0.29) is 16.6 Å². The lowest BCUT2D eigenvalue weighted by Crippen LogP contribution is -2.49. The summed E-state index contributed by atoms with van der Waals surface area (Å²) in [5.41, 5.74) is 1.33. The van der Waals surface area contributed by atoms with Gasteiger partial charge in [0.05, 0.1) is 0 Å². The van der Waals surface area contributed by atoms with Gasteiger partial charge in [-0.15, -0.1) is 0 Å². The first kappa shape index (κ1) is 16.2. The van der Waals surface area contributed by atoms with Crippen molar-refractivity contribution in [2.45, 2.75) is 51.6 Å². The second-order valence-corrected chi connectivity index (χ2v) is 8.45. The molecule has 2 fully saturated rings. The molecule has 2 saturated carbocycles. The quantitative estimate of drug-likeness (QED) is 0.530. The molecular formula is C21H23ClO2. The average molecular weight is 343 g/mol. The normalized spacial score (nSPS) is 46.1. The molecule has 5 atom stereocenters. The molecule has 0 amide bonds. The molecule has 0 saturated heterocycles. The van der Waals surface area contributed by atoms with Crippen LogP contribution in [0.2, 0.25) is 0 Å². The van der Waals surface area contributed by atoms with Crippen molar-refractivity contribution < 1.29 is 9.90 Å². The van der Waals surface area contributed by atoms with E-state index in [4.69, 9.17) is 11.6 Å². The van der Waals surface area contributed by atoms with Crippen LogP contribution in [0.1, 0.15) is 46.0 Å². The van der Waals surface area contributed by atoms with E-state index in [0.29, 0.717) is 18.3 Å². The van der Waals surface area contributed by atoms with Gasteiger partial charge in [0.1, 0.15) is 5.60 Å². The van der Waals surface area contributed by atoms with E-state index >= 15 is 0 Å². The molecule has 0 aromatic rings. The summed E-state index contributed by atoms with van der Waals surface area (Å²) >= 11 is 5.64. The molecule has 0 aliphatic heterocycles. The van der Waals surface area contributed by atoms with Crippen molar-refractivity contribution >= 4 is 17.4 Å². The minimum absolute atomic E-state index is 0.106. The number of hydrogen-bond donors (Lipinski definition) is 1. The summed E-state index contributed by atoms with van der Waals surface area (Å²) in [4.78, 5) is 11.8. The zero-order valence-corrected chi connectivity index (χ0v) is 15.0. The van der Waals surface area contributed by atoms with Crippen molar-refractivity contribution in [3.05, 3.63) is 35.5 Å². The molecule has 3 heteroatoms. The summed E-state index contributed by atoms with van der Waals surface area (Å²) in [5, 5.41) is 13.5. The highest BCUT2D eigenvalue weighted by Crippen LogP contribution is 2.64. The number of allylic oxidation sites excluding steroid dienone is 6. The van der Waals surface area contributed by atoms with Gasteiger partial charge >= 0.3 is 0 Å². The number of ketones is 1. The van der Waals surface area contributed by atoms with Crippen molar-refractivity contribution in [1.29, 1.82) is 0 Å². The molecule has 126 valence electrons. The van der Waals surface area contributed by atoms with Crippen LogP contribution in [0.25, 0.3) is 0 Å². The van der Waals surface area contributed by atoms with Crippen LogP contribution < -0.4 is 0 Å². The standard InChI is InChI=1S/C21H23ClO2/c1-19-8-5-15(23)13-14(19)3-4-16-17(19)6-9-20(2)18(16)7-10-21(20,24)11-12-22/h5-6,8,13,16,18,24H,3-4,7,9-10H2,1-2H3/t16-,18+,19+,20+,21-/m1/s1. The predicted molar refractivity (Wildman–Crippen MR) is 95.2 cm³/mol. The van der Waals surface area contributed by atoms with Crippen LogP contribution in [0.3, 0.4) is 0 Å². The molecule has 0 heterocycles. The molecule has 4 aliphatic rings. The van der Waals surface area contributed by atoms with E-state index in [1.807, 2.05) is 6.08 Å². The first-order chi connectivity index (χ1) is 11.3. The first-order valence-corrected chi connectivity index (χ1v) is 9.22. The molecular weight excluding hydrogens is 320 g/mol. The summed E-state index contributed by atoms with van der Waals surface area (Å²) in [5.74, 6) is 3.88. The second-order valence-electron chi connectivity index (χ2n) is 8.26. The van der Waals surface area contributed by atoms with Gasteiger partial charge < -0.3 is 5.11 Å². The maximum absolute atomic E-state index is 11.8. The highest BCUT2D eigenvalue weighted by molar-refractivity contribution is 6.30. The number of rotatable bonds is 0. The van der Waals surface area contributed by atoms with Gasteiger partial charge in [-0.1, -0.05) is 36.1 Å². The van der Waals surface area contributed by atoms with E-state index in [1.165, 1.54) is 11.1 Å². The SMILES string of the molecule is C[C@]12C=CC(=O)C=C1CC[C@@H]1C2=CC[C@@]2(C)[C@H]1CC[C@@]2(O)C#CCl. The topological polar surface area (TPSA) is 37.3 Å². The fraction of sp³-hybridized carbons (Fsp3) is 0.571. The van der Waals surface area contributed by atoms with Gasteiger partial charge in [0.2, 0.25) is 0 Å². The van der Waals surface area contributed by atoms with Crippen molar-refractivity contribution in [3.8, 4) is 11.3 Å². The lowest BCUT2D eigenvalue weighted by atomic mass is 9.52. The van der Waals surface area contributed by atoms with E-state index in [9.17, 15) is 9.90 Å². The van der Waals surface area contributed by atoms with Crippen LogP contribution in [-0.4, -0.2) is 16.5 Å². The summed E-state index contributed by atoms with van der Waals surface area (Å²) in [6.07, 6.45) is 12.5. The minimum Gasteiger partial charge on any atom is -0.377 e. The molecule has 0 aromatic carbocycles. The van der Waals surface area contributed by atoms with Crippen LogP contribution in [-0.2, 0) is 4.79 Å². The summed E-state index contributed by atoms with van der Waals surface area (Å²) in [6, 6.07) is 0. The number of aliphatic hydroxyl groups is 1. The largest absolute Gasteiger partial charge is 0.377 e. The fourth-order valence-corrected chi connectivity index (χ4v) is 5.97. The smallest absolute Gasteiger partial charge is 0.178 e. The predicted octanol–water partition coefficient (Wildman–Crippen LogP) is 4.15. The molecule has 4 aliphatic carbocycles. The zero-order valence-electron chi connectivity index (χ0n) is 14.2.